The van der Waals surface area contributed by atoms with Gasteiger partial charge in [0.25, 0.3) is 0 Å². The molecule has 1 aromatic rings. The third kappa shape index (κ3) is 3.01. The van der Waals surface area contributed by atoms with Crippen LogP contribution in [0.1, 0.15) is 12.0 Å². The molecule has 0 atom stereocenters. The fraction of sp³-hybridized carbons (Fsp3) is 0.417. The first-order chi connectivity index (χ1) is 8.93. The minimum Gasteiger partial charge on any atom is -0.351 e. The monoisotopic (exact) mass is 291 g/mol. The molecule has 2 N–H and O–H groups in total. The summed E-state index contributed by atoms with van der Waals surface area (Å²) >= 11 is 6.14. The molecule has 0 unspecified atom stereocenters. The Kier molecular flexibility index (Phi) is 4.01. The molecule has 0 amide bonds. The van der Waals surface area contributed by atoms with Crippen molar-refractivity contribution in [3.8, 4) is 0 Å². The van der Waals surface area contributed by atoms with E-state index in [1.54, 1.807) is 17.2 Å². The van der Waals surface area contributed by atoms with Crippen LogP contribution in [0.2, 0.25) is 5.02 Å². The van der Waals surface area contributed by atoms with E-state index in [1.807, 2.05) is 0 Å². The van der Waals surface area contributed by atoms with Gasteiger partial charge in [0.05, 0.1) is 5.02 Å². The van der Waals surface area contributed by atoms with E-state index in [0.717, 1.165) is 5.56 Å². The Morgan fingerprint density at radius 3 is 2.68 bits per heavy atom. The first-order valence-electron chi connectivity index (χ1n) is 5.78. The minimum atomic E-state index is -4.25. The Balaban J connectivity index is 2.21. The average molecular weight is 292 g/mol. The van der Waals surface area contributed by atoms with E-state index in [0.29, 0.717) is 10.8 Å². The predicted octanol–water partition coefficient (Wildman–Crippen LogP) is 2.89. The van der Waals surface area contributed by atoms with Gasteiger partial charge in [0.2, 0.25) is 0 Å². The summed E-state index contributed by atoms with van der Waals surface area (Å²) in [4.78, 5) is 5.84. The fourth-order valence-corrected chi connectivity index (χ4v) is 2.28. The first kappa shape index (κ1) is 14.1. The summed E-state index contributed by atoms with van der Waals surface area (Å²) in [5.74, 6) is 0.488. The molecule has 2 heterocycles. The lowest BCUT2D eigenvalue weighted by Gasteiger charge is -2.29. The summed E-state index contributed by atoms with van der Waals surface area (Å²) in [7, 11) is 0. The van der Waals surface area contributed by atoms with Crippen molar-refractivity contribution < 1.29 is 13.2 Å². The van der Waals surface area contributed by atoms with Gasteiger partial charge in [-0.3, -0.25) is 0 Å². The number of pyridine rings is 1. The Morgan fingerprint density at radius 1 is 1.42 bits per heavy atom. The van der Waals surface area contributed by atoms with Crippen molar-refractivity contribution in [1.29, 1.82) is 0 Å². The van der Waals surface area contributed by atoms with E-state index >= 15 is 0 Å². The van der Waals surface area contributed by atoms with Crippen LogP contribution in [0.25, 0.3) is 0 Å². The fourth-order valence-electron chi connectivity index (χ4n) is 1.97. The van der Waals surface area contributed by atoms with Gasteiger partial charge in [-0.25, -0.2) is 4.98 Å². The lowest BCUT2D eigenvalue weighted by molar-refractivity contribution is -0.0944. The standard InChI is InChI=1S/C12H13ClF3N3/c13-10-8(7-17)1-4-18-11(10)19-5-2-9(3-6-19)12(14,15)16/h1-2,4H,3,5-7,17H2. The second-order valence-electron chi connectivity index (χ2n) is 4.23. The lowest BCUT2D eigenvalue weighted by atomic mass is 10.1. The van der Waals surface area contributed by atoms with Crippen LogP contribution in [0.4, 0.5) is 19.0 Å². The molecule has 0 saturated carbocycles. The van der Waals surface area contributed by atoms with E-state index in [4.69, 9.17) is 17.3 Å². The highest BCUT2D eigenvalue weighted by Crippen LogP contribution is 2.33. The zero-order chi connectivity index (χ0) is 14.0. The molecule has 0 saturated heterocycles. The smallest absolute Gasteiger partial charge is 0.351 e. The Bertz CT molecular complexity index is 499. The van der Waals surface area contributed by atoms with E-state index in [-0.39, 0.29) is 26.1 Å². The molecular weight excluding hydrogens is 279 g/mol. The van der Waals surface area contributed by atoms with Gasteiger partial charge in [0.15, 0.2) is 0 Å². The average Bonchev–Trinajstić information content (AvgIpc) is 2.38. The van der Waals surface area contributed by atoms with Crippen LogP contribution < -0.4 is 10.6 Å². The van der Waals surface area contributed by atoms with Gasteiger partial charge in [-0.05, 0) is 18.1 Å². The van der Waals surface area contributed by atoms with Crippen molar-refractivity contribution in [3.63, 3.8) is 0 Å². The zero-order valence-electron chi connectivity index (χ0n) is 10.0. The topological polar surface area (TPSA) is 42.1 Å². The van der Waals surface area contributed by atoms with Crippen molar-refractivity contribution in [1.82, 2.24) is 4.98 Å². The lowest BCUT2D eigenvalue weighted by Crippen LogP contribution is -2.32. The largest absolute Gasteiger partial charge is 0.412 e. The number of anilines is 1. The maximum atomic E-state index is 12.5. The zero-order valence-corrected chi connectivity index (χ0v) is 10.8. The summed E-state index contributed by atoms with van der Waals surface area (Å²) in [6, 6.07) is 1.70. The van der Waals surface area contributed by atoms with Gasteiger partial charge in [-0.1, -0.05) is 17.7 Å². The molecule has 0 spiro atoms. The molecule has 1 aliphatic heterocycles. The van der Waals surface area contributed by atoms with Crippen molar-refractivity contribution >= 4 is 17.4 Å². The molecule has 0 bridgehead atoms. The number of nitrogens with zero attached hydrogens (tertiary/aromatic N) is 2. The van der Waals surface area contributed by atoms with E-state index in [2.05, 4.69) is 4.98 Å². The van der Waals surface area contributed by atoms with Crippen LogP contribution in [0, 0.1) is 0 Å². The summed E-state index contributed by atoms with van der Waals surface area (Å²) in [6.45, 7) is 0.660. The highest BCUT2D eigenvalue weighted by atomic mass is 35.5. The highest BCUT2D eigenvalue weighted by molar-refractivity contribution is 6.33. The first-order valence-corrected chi connectivity index (χ1v) is 6.16. The maximum absolute atomic E-state index is 12.5. The number of alkyl halides is 3. The number of hydrogen-bond acceptors (Lipinski definition) is 3. The molecule has 2 rings (SSSR count). The maximum Gasteiger partial charge on any atom is 0.412 e. The molecule has 0 fully saturated rings. The molecule has 19 heavy (non-hydrogen) atoms. The van der Waals surface area contributed by atoms with Crippen LogP contribution >= 0.6 is 11.6 Å². The number of hydrogen-bond donors (Lipinski definition) is 1. The van der Waals surface area contributed by atoms with Gasteiger partial charge >= 0.3 is 6.18 Å². The molecule has 7 heteroatoms. The van der Waals surface area contributed by atoms with Crippen molar-refractivity contribution in [2.75, 3.05) is 18.0 Å². The molecule has 1 aliphatic rings. The quantitative estimate of drug-likeness (QED) is 0.852. The molecule has 104 valence electrons. The van der Waals surface area contributed by atoms with Crippen LogP contribution in [0.5, 0.6) is 0 Å². The molecular formula is C12H13ClF3N3. The van der Waals surface area contributed by atoms with Crippen LogP contribution in [-0.4, -0.2) is 24.2 Å². The molecule has 1 aromatic heterocycles. The van der Waals surface area contributed by atoms with Gasteiger partial charge in [0.1, 0.15) is 5.82 Å². The Labute approximate surface area is 113 Å². The second-order valence-corrected chi connectivity index (χ2v) is 4.61. The molecule has 0 radical (unpaired) electrons. The van der Waals surface area contributed by atoms with Gasteiger partial charge in [-0.2, -0.15) is 13.2 Å². The van der Waals surface area contributed by atoms with Crippen molar-refractivity contribution in [2.24, 2.45) is 5.73 Å². The van der Waals surface area contributed by atoms with Gasteiger partial charge < -0.3 is 10.6 Å². The van der Waals surface area contributed by atoms with Gasteiger partial charge in [0, 0.05) is 31.4 Å². The van der Waals surface area contributed by atoms with Crippen molar-refractivity contribution in [3.05, 3.63) is 34.5 Å². The number of nitrogens with two attached hydrogens (primary N) is 1. The molecule has 0 aromatic carbocycles. The normalized spacial score (nSPS) is 16.5. The second kappa shape index (κ2) is 5.38. The van der Waals surface area contributed by atoms with Gasteiger partial charge in [-0.15, -0.1) is 0 Å². The molecule has 0 aliphatic carbocycles. The molecule has 3 nitrogen and oxygen atoms in total. The van der Waals surface area contributed by atoms with Crippen molar-refractivity contribution in [2.45, 2.75) is 19.1 Å². The number of aromatic nitrogens is 1. The summed E-state index contributed by atoms with van der Waals surface area (Å²) < 4.78 is 37.6. The van der Waals surface area contributed by atoms with E-state index in [1.165, 1.54) is 6.08 Å². The summed E-state index contributed by atoms with van der Waals surface area (Å²) in [5.41, 5.74) is 5.78. The Hall–Kier alpha value is -1.27. The highest BCUT2D eigenvalue weighted by Gasteiger charge is 2.35. The predicted molar refractivity (Wildman–Crippen MR) is 68.1 cm³/mol. The van der Waals surface area contributed by atoms with Crippen LogP contribution in [-0.2, 0) is 6.54 Å². The van der Waals surface area contributed by atoms with E-state index in [9.17, 15) is 13.2 Å². The van der Waals surface area contributed by atoms with Crippen LogP contribution in [0.3, 0.4) is 0 Å². The third-order valence-electron chi connectivity index (χ3n) is 3.04. The summed E-state index contributed by atoms with van der Waals surface area (Å²) in [6.07, 6.45) is -1.57. The van der Waals surface area contributed by atoms with Crippen LogP contribution in [0.15, 0.2) is 23.9 Å². The number of rotatable bonds is 2. The summed E-state index contributed by atoms with van der Waals surface area (Å²) in [5, 5.41) is 0.411. The third-order valence-corrected chi connectivity index (χ3v) is 3.46. The number of halogens is 4. The minimum absolute atomic E-state index is 0.0611. The van der Waals surface area contributed by atoms with E-state index < -0.39 is 11.7 Å². The SMILES string of the molecule is NCc1ccnc(N2CC=C(C(F)(F)F)CC2)c1Cl. The Morgan fingerprint density at radius 2 is 2.16 bits per heavy atom.